The Morgan fingerprint density at radius 2 is 2.24 bits per heavy atom. The number of pyridine rings is 1. The van der Waals surface area contributed by atoms with Crippen LogP contribution in [0.4, 0.5) is 14.5 Å². The van der Waals surface area contributed by atoms with Gasteiger partial charge in [-0.05, 0) is 0 Å². The number of nitrogens with two attached hydrogens (primary N) is 2. The van der Waals surface area contributed by atoms with Crippen molar-refractivity contribution in [2.75, 3.05) is 12.8 Å². The molecular weight excluding hydrogens is 232 g/mol. The number of anilines is 1. The summed E-state index contributed by atoms with van der Waals surface area (Å²) in [5.74, 6) is -0.531. The third-order valence-corrected chi connectivity index (χ3v) is 2.32. The van der Waals surface area contributed by atoms with Crippen LogP contribution in [0.15, 0.2) is 6.20 Å². The number of nitrogens with zero attached hydrogens (tertiary/aromatic N) is 1. The molecule has 5 nitrogen and oxygen atoms in total. The van der Waals surface area contributed by atoms with Gasteiger partial charge in [0, 0.05) is 24.0 Å². The third kappa shape index (κ3) is 2.88. The fraction of sp³-hybridized carbons (Fsp3) is 0.400. The third-order valence-electron chi connectivity index (χ3n) is 2.32. The van der Waals surface area contributed by atoms with Gasteiger partial charge in [0.2, 0.25) is 0 Å². The van der Waals surface area contributed by atoms with Crippen molar-refractivity contribution < 1.29 is 18.3 Å². The highest BCUT2D eigenvalue weighted by molar-refractivity contribution is 5.73. The molecule has 7 heteroatoms. The number of esters is 1. The molecule has 17 heavy (non-hydrogen) atoms. The summed E-state index contributed by atoms with van der Waals surface area (Å²) in [6.07, 6.45) is -1.91. The first-order valence-electron chi connectivity index (χ1n) is 4.82. The first-order chi connectivity index (χ1) is 8.01. The van der Waals surface area contributed by atoms with Crippen molar-refractivity contribution >= 4 is 11.7 Å². The van der Waals surface area contributed by atoms with E-state index in [1.165, 1.54) is 7.11 Å². The van der Waals surface area contributed by atoms with Crippen molar-refractivity contribution in [3.05, 3.63) is 23.0 Å². The summed E-state index contributed by atoms with van der Waals surface area (Å²) in [6.45, 7) is -0.0638. The van der Waals surface area contributed by atoms with Gasteiger partial charge < -0.3 is 16.2 Å². The number of methoxy groups -OCH3 is 1. The topological polar surface area (TPSA) is 91.2 Å². The Morgan fingerprint density at radius 3 is 2.71 bits per heavy atom. The maximum atomic E-state index is 12.6. The van der Waals surface area contributed by atoms with Crippen LogP contribution >= 0.6 is 0 Å². The van der Waals surface area contributed by atoms with Gasteiger partial charge in [-0.3, -0.25) is 9.78 Å². The molecule has 0 aliphatic carbocycles. The van der Waals surface area contributed by atoms with Crippen molar-refractivity contribution in [1.82, 2.24) is 4.98 Å². The minimum atomic E-state index is -2.72. The van der Waals surface area contributed by atoms with E-state index in [9.17, 15) is 13.6 Å². The molecule has 94 valence electrons. The molecule has 0 unspecified atom stereocenters. The van der Waals surface area contributed by atoms with E-state index in [2.05, 4.69) is 9.72 Å². The van der Waals surface area contributed by atoms with Crippen LogP contribution in [0.25, 0.3) is 0 Å². The number of hydrogen-bond acceptors (Lipinski definition) is 5. The highest BCUT2D eigenvalue weighted by Crippen LogP contribution is 2.28. The van der Waals surface area contributed by atoms with Crippen molar-refractivity contribution in [3.8, 4) is 0 Å². The molecule has 0 bridgehead atoms. The van der Waals surface area contributed by atoms with E-state index in [0.29, 0.717) is 0 Å². The molecule has 0 aliphatic rings. The number of aromatic nitrogens is 1. The number of carbonyl (C=O) groups is 1. The molecule has 0 saturated carbocycles. The summed E-state index contributed by atoms with van der Waals surface area (Å²) in [7, 11) is 1.22. The molecule has 1 heterocycles. The van der Waals surface area contributed by atoms with Crippen LogP contribution in [0.3, 0.4) is 0 Å². The predicted molar refractivity (Wildman–Crippen MR) is 57.2 cm³/mol. The zero-order chi connectivity index (χ0) is 13.0. The molecule has 4 N–H and O–H groups in total. The van der Waals surface area contributed by atoms with E-state index >= 15 is 0 Å². The maximum Gasteiger partial charge on any atom is 0.311 e. The van der Waals surface area contributed by atoms with E-state index < -0.39 is 12.4 Å². The van der Waals surface area contributed by atoms with Gasteiger partial charge in [0.15, 0.2) is 0 Å². The van der Waals surface area contributed by atoms with E-state index in [0.717, 1.165) is 6.20 Å². The van der Waals surface area contributed by atoms with E-state index in [1.54, 1.807) is 0 Å². The fourth-order valence-electron chi connectivity index (χ4n) is 1.39. The number of ether oxygens (including phenoxy) is 1. The van der Waals surface area contributed by atoms with Crippen LogP contribution in [-0.2, 0) is 22.5 Å². The largest absolute Gasteiger partial charge is 0.469 e. The number of carbonyl (C=O) groups excluding carboxylic acids is 1. The molecule has 1 aromatic rings. The Kier molecular flexibility index (Phi) is 4.33. The van der Waals surface area contributed by atoms with Crippen molar-refractivity contribution in [2.24, 2.45) is 5.73 Å². The normalized spacial score (nSPS) is 10.6. The molecule has 0 spiro atoms. The second-order valence-corrected chi connectivity index (χ2v) is 3.31. The second kappa shape index (κ2) is 5.53. The second-order valence-electron chi connectivity index (χ2n) is 3.31. The summed E-state index contributed by atoms with van der Waals surface area (Å²) in [5, 5.41) is 0. The smallest absolute Gasteiger partial charge is 0.311 e. The first-order valence-corrected chi connectivity index (χ1v) is 4.82. The maximum absolute atomic E-state index is 12.6. The Bertz CT molecular complexity index is 424. The summed E-state index contributed by atoms with van der Waals surface area (Å²) in [4.78, 5) is 14.9. The molecular formula is C10H13F2N3O2. The van der Waals surface area contributed by atoms with E-state index in [1.807, 2.05) is 0 Å². The molecule has 1 rings (SSSR count). The Labute approximate surface area is 96.8 Å². The lowest BCUT2D eigenvalue weighted by atomic mass is 10.1. The molecule has 0 aliphatic heterocycles. The number of halogens is 2. The Balaban J connectivity index is 3.16. The number of rotatable bonds is 4. The summed E-state index contributed by atoms with van der Waals surface area (Å²) in [6, 6.07) is 0. The zero-order valence-electron chi connectivity index (χ0n) is 9.24. The molecule has 1 aromatic heterocycles. The van der Waals surface area contributed by atoms with Crippen LogP contribution in [0.5, 0.6) is 0 Å². The van der Waals surface area contributed by atoms with Crippen molar-refractivity contribution in [3.63, 3.8) is 0 Å². The minimum absolute atomic E-state index is 0.0638. The summed E-state index contributed by atoms with van der Waals surface area (Å²) < 4.78 is 29.6. The molecule has 0 aromatic carbocycles. The van der Waals surface area contributed by atoms with Gasteiger partial charge in [-0.25, -0.2) is 8.78 Å². The minimum Gasteiger partial charge on any atom is -0.469 e. The van der Waals surface area contributed by atoms with Gasteiger partial charge >= 0.3 is 5.97 Å². The van der Waals surface area contributed by atoms with Gasteiger partial charge in [0.1, 0.15) is 0 Å². The molecule has 0 fully saturated rings. The highest BCUT2D eigenvalue weighted by Gasteiger charge is 2.19. The number of hydrogen-bond donors (Lipinski definition) is 2. The molecule has 0 amide bonds. The van der Waals surface area contributed by atoms with Crippen molar-refractivity contribution in [2.45, 2.75) is 19.4 Å². The average Bonchev–Trinajstić information content (AvgIpc) is 2.28. The van der Waals surface area contributed by atoms with Crippen LogP contribution in [-0.4, -0.2) is 18.1 Å². The van der Waals surface area contributed by atoms with E-state index in [4.69, 9.17) is 11.5 Å². The fourth-order valence-corrected chi connectivity index (χ4v) is 1.39. The predicted octanol–water partition coefficient (Wildman–Crippen LogP) is 0.776. The number of nitrogen functional groups attached to an aromatic ring is 1. The van der Waals surface area contributed by atoms with Gasteiger partial charge in [0.05, 0.1) is 24.8 Å². The standard InChI is InChI=1S/C10H13F2N3O2/c1-17-8(16)2-7-5(3-13)9(14)6(4-15-7)10(11)12/h4,10H,2-3,13H2,1H3,(H2,14,15). The summed E-state index contributed by atoms with van der Waals surface area (Å²) >= 11 is 0. The lowest BCUT2D eigenvalue weighted by Crippen LogP contribution is -2.14. The van der Waals surface area contributed by atoms with Crippen LogP contribution < -0.4 is 11.5 Å². The van der Waals surface area contributed by atoms with Gasteiger partial charge in [-0.15, -0.1) is 0 Å². The van der Waals surface area contributed by atoms with E-state index in [-0.39, 0.29) is 35.5 Å². The molecule has 0 atom stereocenters. The molecule has 0 saturated heterocycles. The molecule has 0 radical (unpaired) electrons. The van der Waals surface area contributed by atoms with Gasteiger partial charge in [0.25, 0.3) is 6.43 Å². The van der Waals surface area contributed by atoms with Gasteiger partial charge in [-0.2, -0.15) is 0 Å². The van der Waals surface area contributed by atoms with Crippen LogP contribution in [0.2, 0.25) is 0 Å². The highest BCUT2D eigenvalue weighted by atomic mass is 19.3. The quantitative estimate of drug-likeness (QED) is 0.765. The van der Waals surface area contributed by atoms with Crippen LogP contribution in [0.1, 0.15) is 23.2 Å². The lowest BCUT2D eigenvalue weighted by Gasteiger charge is -2.12. The van der Waals surface area contributed by atoms with Crippen molar-refractivity contribution in [1.29, 1.82) is 0 Å². The van der Waals surface area contributed by atoms with Crippen LogP contribution in [0, 0.1) is 0 Å². The first kappa shape index (κ1) is 13.3. The average molecular weight is 245 g/mol. The lowest BCUT2D eigenvalue weighted by molar-refractivity contribution is -0.139. The SMILES string of the molecule is COC(=O)Cc1ncc(C(F)F)c(N)c1CN. The Hall–Kier alpha value is -1.76. The zero-order valence-corrected chi connectivity index (χ0v) is 9.24. The van der Waals surface area contributed by atoms with Gasteiger partial charge in [-0.1, -0.05) is 0 Å². The Morgan fingerprint density at radius 1 is 1.59 bits per heavy atom. The monoisotopic (exact) mass is 245 g/mol. The summed E-state index contributed by atoms with van der Waals surface area (Å²) in [5.41, 5.74) is 11.0. The number of alkyl halides is 2.